The van der Waals surface area contributed by atoms with Crippen LogP contribution in [0.15, 0.2) is 0 Å². The Morgan fingerprint density at radius 3 is 1.38 bits per heavy atom. The fourth-order valence-electron chi connectivity index (χ4n) is 3.38. The summed E-state index contributed by atoms with van der Waals surface area (Å²) in [6, 6.07) is 0. The van der Waals surface area contributed by atoms with E-state index in [2.05, 4.69) is 135 Å². The lowest BCUT2D eigenvalue weighted by Gasteiger charge is -2.45. The average molecular weight is 635 g/mol. The van der Waals surface area contributed by atoms with Gasteiger partial charge in [0.2, 0.25) is 0 Å². The number of ether oxygens (including phenoxy) is 1. The fraction of sp³-hybridized carbons (Fsp3) is 0.967. The second kappa shape index (κ2) is 11.9. The predicted molar refractivity (Wildman–Crippen MR) is 179 cm³/mol. The monoisotopic (exact) mass is 634 g/mol. The van der Waals surface area contributed by atoms with E-state index in [1.807, 2.05) is 0 Å². The zero-order chi connectivity index (χ0) is 32.1. The molecule has 0 saturated carbocycles. The molecule has 0 unspecified atom stereocenters. The van der Waals surface area contributed by atoms with Gasteiger partial charge in [0.05, 0.1) is 6.61 Å². The molecule has 0 aromatic carbocycles. The Morgan fingerprint density at radius 2 is 1.00 bits per heavy atom. The van der Waals surface area contributed by atoms with Crippen molar-refractivity contribution in [2.24, 2.45) is 0 Å². The maximum atomic E-state index is 13.7. The van der Waals surface area contributed by atoms with Crippen LogP contribution in [0.3, 0.4) is 0 Å². The fourth-order valence-corrected chi connectivity index (χ4v) is 8.21. The largest absolute Gasteiger partial charge is 0.455 e. The molecule has 1 heterocycles. The highest BCUT2D eigenvalue weighted by Gasteiger charge is 2.57. The van der Waals surface area contributed by atoms with Gasteiger partial charge in [-0.25, -0.2) is 4.79 Å². The maximum Gasteiger partial charge on any atom is 0.337 e. The average Bonchev–Trinajstić information content (AvgIpc) is 2.96. The second-order valence-corrected chi connectivity index (χ2v) is 37.1. The highest BCUT2D eigenvalue weighted by atomic mass is 28.4. The summed E-state index contributed by atoms with van der Waals surface area (Å²) in [5.74, 6) is -0.338. The van der Waals surface area contributed by atoms with E-state index in [9.17, 15) is 4.79 Å². The van der Waals surface area contributed by atoms with Gasteiger partial charge < -0.3 is 22.4 Å². The SMILES string of the molecule is CC(C)(C)[Si](C)(C)OC[C@H](O[Si](C)(C)C(C)(C)C)[C@@H]1OC(=O)[C@@H](O[Si](C)(C)C(C)(C)C)[C@@H]1O[Si](C)(C)C(C)(C)C. The van der Waals surface area contributed by atoms with Gasteiger partial charge in [-0.1, -0.05) is 83.1 Å². The third-order valence-electron chi connectivity index (χ3n) is 10.6. The maximum absolute atomic E-state index is 13.7. The van der Waals surface area contributed by atoms with Gasteiger partial charge in [0.1, 0.15) is 12.2 Å². The number of cyclic esters (lactones) is 1. The first kappa shape index (κ1) is 38.2. The van der Waals surface area contributed by atoms with E-state index in [0.29, 0.717) is 6.61 Å². The zero-order valence-corrected chi connectivity index (χ0v) is 34.0. The molecule has 238 valence electrons. The molecule has 0 aliphatic carbocycles. The Labute approximate surface area is 252 Å². The molecular weight excluding hydrogens is 569 g/mol. The molecule has 1 rings (SSSR count). The molecule has 0 aromatic rings. The lowest BCUT2D eigenvalue weighted by Crippen LogP contribution is -2.57. The summed E-state index contributed by atoms with van der Waals surface area (Å²) >= 11 is 0. The zero-order valence-electron chi connectivity index (χ0n) is 30.0. The summed E-state index contributed by atoms with van der Waals surface area (Å²) in [6.07, 6.45) is -2.38. The molecule has 10 heteroatoms. The minimum Gasteiger partial charge on any atom is -0.455 e. The topological polar surface area (TPSA) is 63.2 Å². The van der Waals surface area contributed by atoms with Crippen molar-refractivity contribution in [3.05, 3.63) is 0 Å². The third kappa shape index (κ3) is 8.86. The van der Waals surface area contributed by atoms with E-state index in [4.69, 9.17) is 22.4 Å². The molecule has 1 aliphatic rings. The normalized spacial score (nSPS) is 23.4. The molecule has 40 heavy (non-hydrogen) atoms. The molecule has 0 spiro atoms. The van der Waals surface area contributed by atoms with Crippen LogP contribution in [0, 0.1) is 0 Å². The van der Waals surface area contributed by atoms with Crippen molar-refractivity contribution in [3.8, 4) is 0 Å². The molecule has 1 fully saturated rings. The van der Waals surface area contributed by atoms with Gasteiger partial charge >= 0.3 is 5.97 Å². The number of hydrogen-bond acceptors (Lipinski definition) is 6. The van der Waals surface area contributed by atoms with Crippen molar-refractivity contribution in [1.82, 2.24) is 0 Å². The first-order chi connectivity index (χ1) is 17.3. The Bertz CT molecular complexity index is 873. The summed E-state index contributed by atoms with van der Waals surface area (Å²) in [6.45, 7) is 44.9. The molecule has 0 radical (unpaired) electrons. The number of rotatable bonds is 10. The molecule has 1 saturated heterocycles. The van der Waals surface area contributed by atoms with Gasteiger partial charge in [0.25, 0.3) is 0 Å². The van der Waals surface area contributed by atoms with Crippen LogP contribution in [0.25, 0.3) is 0 Å². The predicted octanol–water partition coefficient (Wildman–Crippen LogP) is 9.10. The molecule has 0 N–H and O–H groups in total. The van der Waals surface area contributed by atoms with Crippen LogP contribution in [0.2, 0.25) is 72.5 Å². The number of carbonyl (C=O) groups excluding carboxylic acids is 1. The van der Waals surface area contributed by atoms with Crippen LogP contribution in [-0.4, -0.2) is 70.3 Å². The summed E-state index contributed by atoms with van der Waals surface area (Å²) in [4.78, 5) is 13.7. The van der Waals surface area contributed by atoms with Crippen molar-refractivity contribution in [1.29, 1.82) is 0 Å². The smallest absolute Gasteiger partial charge is 0.337 e. The molecular formula is C30H66O6Si4. The van der Waals surface area contributed by atoms with E-state index in [1.54, 1.807) is 0 Å². The molecule has 0 amide bonds. The van der Waals surface area contributed by atoms with E-state index in [0.717, 1.165) is 0 Å². The molecule has 1 aliphatic heterocycles. The van der Waals surface area contributed by atoms with Crippen LogP contribution in [0.1, 0.15) is 83.1 Å². The van der Waals surface area contributed by atoms with E-state index in [-0.39, 0.29) is 26.1 Å². The number of hydrogen-bond donors (Lipinski definition) is 0. The summed E-state index contributed by atoms with van der Waals surface area (Å²) in [5, 5.41) is -0.0724. The van der Waals surface area contributed by atoms with Crippen molar-refractivity contribution in [2.45, 2.75) is 180 Å². The first-order valence-electron chi connectivity index (χ1n) is 15.2. The summed E-state index contributed by atoms with van der Waals surface area (Å²) < 4.78 is 34.0. The first-order valence-corrected chi connectivity index (χ1v) is 26.8. The third-order valence-corrected chi connectivity index (χ3v) is 28.5. The van der Waals surface area contributed by atoms with Gasteiger partial charge in [0, 0.05) is 0 Å². The standard InChI is InChI=1S/C30H66O6Si4/c1-27(2,3)37(13,14)32-21-22(34-38(15,16)28(4,5)6)23-24(35-39(17,18)29(7,8)9)25(26(31)33-23)36-40(19,20)30(10,11)12/h22-25H,21H2,1-20H3/t22-,23-,24+,25-/m0/s1. The van der Waals surface area contributed by atoms with Gasteiger partial charge in [-0.2, -0.15) is 0 Å². The summed E-state index contributed by atoms with van der Waals surface area (Å²) in [5.41, 5.74) is 0. The van der Waals surface area contributed by atoms with Crippen molar-refractivity contribution < 1.29 is 27.2 Å². The molecule has 4 atom stereocenters. The minimum absolute atomic E-state index is 0.0162. The van der Waals surface area contributed by atoms with Gasteiger partial charge in [-0.3, -0.25) is 0 Å². The lowest BCUT2D eigenvalue weighted by molar-refractivity contribution is -0.150. The Balaban J connectivity index is 3.68. The molecule has 6 nitrogen and oxygen atoms in total. The highest BCUT2D eigenvalue weighted by Crippen LogP contribution is 2.45. The van der Waals surface area contributed by atoms with Crippen molar-refractivity contribution >= 4 is 39.2 Å². The van der Waals surface area contributed by atoms with E-state index in [1.165, 1.54) is 0 Å². The Hall–Kier alpha value is 0.178. The highest BCUT2D eigenvalue weighted by molar-refractivity contribution is 6.75. The van der Waals surface area contributed by atoms with E-state index >= 15 is 0 Å². The molecule has 0 bridgehead atoms. The van der Waals surface area contributed by atoms with E-state index < -0.39 is 57.7 Å². The van der Waals surface area contributed by atoms with Gasteiger partial charge in [-0.05, 0) is 72.5 Å². The quantitative estimate of drug-likeness (QED) is 0.176. The van der Waals surface area contributed by atoms with Crippen LogP contribution in [-0.2, 0) is 27.2 Å². The van der Waals surface area contributed by atoms with Crippen molar-refractivity contribution in [2.75, 3.05) is 6.61 Å². The van der Waals surface area contributed by atoms with Crippen LogP contribution < -0.4 is 0 Å². The van der Waals surface area contributed by atoms with Crippen LogP contribution in [0.5, 0.6) is 0 Å². The summed E-state index contributed by atoms with van der Waals surface area (Å²) in [7, 11) is -8.97. The van der Waals surface area contributed by atoms with Crippen LogP contribution in [0.4, 0.5) is 0 Å². The minimum atomic E-state index is -2.31. The van der Waals surface area contributed by atoms with Gasteiger partial charge in [0.15, 0.2) is 45.5 Å². The second-order valence-electron chi connectivity index (χ2n) is 18.0. The molecule has 0 aromatic heterocycles. The Morgan fingerprint density at radius 1 is 0.625 bits per heavy atom. The van der Waals surface area contributed by atoms with Crippen molar-refractivity contribution in [3.63, 3.8) is 0 Å². The van der Waals surface area contributed by atoms with Crippen LogP contribution >= 0.6 is 0 Å². The number of esters is 1. The lowest BCUT2D eigenvalue weighted by atomic mass is 10.1. The van der Waals surface area contributed by atoms with Gasteiger partial charge in [-0.15, -0.1) is 0 Å². The number of carbonyl (C=O) groups is 1. The Kier molecular flexibility index (Phi) is 11.4.